The third-order valence-electron chi connectivity index (χ3n) is 6.18. The molecule has 0 radical (unpaired) electrons. The zero-order chi connectivity index (χ0) is 25.3. The van der Waals surface area contributed by atoms with Crippen molar-refractivity contribution in [3.8, 4) is 10.6 Å². The van der Waals surface area contributed by atoms with Crippen LogP contribution in [-0.4, -0.2) is 87.1 Å². The molecule has 1 aliphatic rings. The van der Waals surface area contributed by atoms with E-state index in [9.17, 15) is 15.0 Å². The van der Waals surface area contributed by atoms with Gasteiger partial charge in [-0.3, -0.25) is 9.78 Å². The van der Waals surface area contributed by atoms with E-state index in [-0.39, 0.29) is 12.3 Å². The van der Waals surface area contributed by atoms with Crippen LogP contribution in [0.3, 0.4) is 0 Å². The molecule has 0 aromatic carbocycles. The maximum atomic E-state index is 12.5. The second-order valence-corrected chi connectivity index (χ2v) is 9.94. The van der Waals surface area contributed by atoms with E-state index in [1.807, 2.05) is 19.9 Å². The minimum atomic E-state index is -1.75. The number of aromatic nitrogens is 4. The molecule has 3 aromatic heterocycles. The Morgan fingerprint density at radius 2 is 2.06 bits per heavy atom. The number of thiazole rings is 1. The Bertz CT molecular complexity index is 1230. The lowest BCUT2D eigenvalue weighted by atomic mass is 10.0. The molecule has 0 spiro atoms. The van der Waals surface area contributed by atoms with Gasteiger partial charge in [0.1, 0.15) is 22.4 Å². The number of hydrogen-bond donors (Lipinski definition) is 4. The van der Waals surface area contributed by atoms with E-state index in [4.69, 9.17) is 9.72 Å². The van der Waals surface area contributed by atoms with Gasteiger partial charge in [0.05, 0.1) is 34.2 Å². The molecule has 4 rings (SSSR count). The maximum absolute atomic E-state index is 12.5. The Balaban J connectivity index is 1.76. The quantitative estimate of drug-likeness (QED) is 0.266. The fourth-order valence-electron chi connectivity index (χ4n) is 4.30. The van der Waals surface area contributed by atoms with Crippen molar-refractivity contribution in [3.05, 3.63) is 23.7 Å². The minimum Gasteiger partial charge on any atom is -0.387 e. The Hall–Kier alpha value is -2.93. The predicted octanol–water partition coefficient (Wildman–Crippen LogP) is 1.78. The van der Waals surface area contributed by atoms with Gasteiger partial charge in [0, 0.05) is 33.9 Å². The van der Waals surface area contributed by atoms with Crippen LogP contribution in [0.15, 0.2) is 12.3 Å². The van der Waals surface area contributed by atoms with Gasteiger partial charge in [-0.1, -0.05) is 0 Å². The zero-order valence-corrected chi connectivity index (χ0v) is 21.3. The molecule has 11 nitrogen and oxygen atoms in total. The van der Waals surface area contributed by atoms with Crippen molar-refractivity contribution < 1.29 is 19.7 Å². The van der Waals surface area contributed by atoms with Crippen molar-refractivity contribution in [2.45, 2.75) is 38.5 Å². The van der Waals surface area contributed by atoms with Gasteiger partial charge in [0.15, 0.2) is 5.72 Å². The number of aliphatic hydroxyl groups is 2. The second-order valence-electron chi connectivity index (χ2n) is 8.91. The second kappa shape index (κ2) is 9.97. The SMILES string of the molecule is COCCNc1nc(C)c(-c2nc3c(C)nccc3s2)c(N[C@]2(O)CC[C@H](C(=O)N(C)C)[C@H]2O)n1. The van der Waals surface area contributed by atoms with Crippen LogP contribution in [0.2, 0.25) is 0 Å². The molecule has 3 heterocycles. The number of fused-ring (bicyclic) bond motifs is 1. The Morgan fingerprint density at radius 1 is 1.29 bits per heavy atom. The van der Waals surface area contributed by atoms with Crippen LogP contribution >= 0.6 is 11.3 Å². The first-order chi connectivity index (χ1) is 16.6. The number of aliphatic hydroxyl groups excluding tert-OH is 1. The molecule has 35 heavy (non-hydrogen) atoms. The molecule has 4 N–H and O–H groups in total. The van der Waals surface area contributed by atoms with Crippen LogP contribution in [-0.2, 0) is 9.53 Å². The smallest absolute Gasteiger partial charge is 0.227 e. The summed E-state index contributed by atoms with van der Waals surface area (Å²) in [5, 5.41) is 29.2. The molecule has 3 aromatic rings. The molecule has 0 bridgehead atoms. The number of nitrogens with zero attached hydrogens (tertiary/aromatic N) is 5. The van der Waals surface area contributed by atoms with E-state index in [0.29, 0.717) is 47.6 Å². The van der Waals surface area contributed by atoms with Crippen LogP contribution in [0.4, 0.5) is 11.8 Å². The van der Waals surface area contributed by atoms with Crippen LogP contribution in [0.25, 0.3) is 20.8 Å². The molecule has 1 fully saturated rings. The summed E-state index contributed by atoms with van der Waals surface area (Å²) in [5.74, 6) is -0.280. The molecule has 3 atom stereocenters. The highest BCUT2D eigenvalue weighted by Gasteiger charge is 2.50. The first-order valence-corrected chi connectivity index (χ1v) is 12.2. The van der Waals surface area contributed by atoms with Crippen molar-refractivity contribution in [2.75, 3.05) is 45.0 Å². The Morgan fingerprint density at radius 3 is 2.74 bits per heavy atom. The molecule has 0 unspecified atom stereocenters. The van der Waals surface area contributed by atoms with E-state index in [1.54, 1.807) is 27.4 Å². The van der Waals surface area contributed by atoms with E-state index in [2.05, 4.69) is 25.6 Å². The lowest BCUT2D eigenvalue weighted by Gasteiger charge is -2.31. The molecule has 1 saturated carbocycles. The number of amides is 1. The Labute approximate surface area is 207 Å². The number of carbonyl (C=O) groups excluding carboxylic acids is 1. The standard InChI is InChI=1S/C23H31N7O4S/c1-12-16(20-27-17-13(2)24-9-7-15(17)35-20)19(28-22(26-12)25-10-11-34-5)29-23(33)8-6-14(18(23)31)21(32)30(3)4/h7,9,14,18,31,33H,6,8,10-11H2,1-5H3,(H2,25,26,28,29)/t14-,18+,23-/m0/s1. The van der Waals surface area contributed by atoms with Gasteiger partial charge < -0.3 is 30.5 Å². The van der Waals surface area contributed by atoms with Crippen molar-refractivity contribution in [3.63, 3.8) is 0 Å². The summed E-state index contributed by atoms with van der Waals surface area (Å²) in [6.45, 7) is 4.70. The summed E-state index contributed by atoms with van der Waals surface area (Å²) < 4.78 is 6.07. The molecule has 188 valence electrons. The van der Waals surface area contributed by atoms with E-state index in [1.165, 1.54) is 16.2 Å². The van der Waals surface area contributed by atoms with Crippen molar-refractivity contribution in [2.24, 2.45) is 5.92 Å². The normalized spacial score (nSPS) is 21.9. The Kier molecular flexibility index (Phi) is 7.17. The lowest BCUT2D eigenvalue weighted by molar-refractivity contribution is -0.139. The van der Waals surface area contributed by atoms with Gasteiger partial charge in [0.25, 0.3) is 0 Å². The number of pyridine rings is 1. The topological polar surface area (TPSA) is 146 Å². The van der Waals surface area contributed by atoms with Crippen LogP contribution in [0.1, 0.15) is 24.2 Å². The third kappa shape index (κ3) is 4.92. The van der Waals surface area contributed by atoms with E-state index >= 15 is 0 Å². The van der Waals surface area contributed by atoms with Gasteiger partial charge in [-0.15, -0.1) is 11.3 Å². The highest BCUT2D eigenvalue weighted by Crippen LogP contribution is 2.41. The van der Waals surface area contributed by atoms with Gasteiger partial charge in [0.2, 0.25) is 11.9 Å². The molecular weight excluding hydrogens is 470 g/mol. The van der Waals surface area contributed by atoms with Gasteiger partial charge in [-0.25, -0.2) is 9.97 Å². The van der Waals surface area contributed by atoms with Crippen LogP contribution < -0.4 is 10.6 Å². The summed E-state index contributed by atoms with van der Waals surface area (Å²) in [6, 6.07) is 1.90. The number of rotatable bonds is 8. The fraction of sp³-hybridized carbons (Fsp3) is 0.522. The van der Waals surface area contributed by atoms with Crippen LogP contribution in [0.5, 0.6) is 0 Å². The number of ether oxygens (including phenoxy) is 1. The lowest BCUT2D eigenvalue weighted by Crippen LogP contribution is -2.50. The summed E-state index contributed by atoms with van der Waals surface area (Å²) in [4.78, 5) is 32.3. The van der Waals surface area contributed by atoms with Gasteiger partial charge in [-0.05, 0) is 32.8 Å². The number of nitrogens with one attached hydrogen (secondary N) is 2. The first kappa shape index (κ1) is 25.2. The summed E-state index contributed by atoms with van der Waals surface area (Å²) >= 11 is 1.47. The van der Waals surface area contributed by atoms with Crippen molar-refractivity contribution in [1.82, 2.24) is 24.8 Å². The fourth-order valence-corrected chi connectivity index (χ4v) is 5.41. The first-order valence-electron chi connectivity index (χ1n) is 11.4. The molecule has 0 saturated heterocycles. The molecule has 12 heteroatoms. The number of methoxy groups -OCH3 is 1. The summed E-state index contributed by atoms with van der Waals surface area (Å²) in [7, 11) is 4.87. The maximum Gasteiger partial charge on any atom is 0.227 e. The zero-order valence-electron chi connectivity index (χ0n) is 20.5. The predicted molar refractivity (Wildman–Crippen MR) is 134 cm³/mol. The number of hydrogen-bond acceptors (Lipinski definition) is 11. The minimum absolute atomic E-state index is 0.177. The summed E-state index contributed by atoms with van der Waals surface area (Å²) in [6.07, 6.45) is 0.944. The van der Waals surface area contributed by atoms with Crippen LogP contribution in [0, 0.1) is 19.8 Å². The van der Waals surface area contributed by atoms with Crippen molar-refractivity contribution in [1.29, 1.82) is 0 Å². The average Bonchev–Trinajstić information content (AvgIpc) is 3.35. The summed E-state index contributed by atoms with van der Waals surface area (Å²) in [5.41, 5.74) is 1.11. The third-order valence-corrected chi connectivity index (χ3v) is 7.22. The van der Waals surface area contributed by atoms with E-state index < -0.39 is 17.7 Å². The molecular formula is C23H31N7O4S. The average molecular weight is 502 g/mol. The van der Waals surface area contributed by atoms with E-state index in [0.717, 1.165) is 15.9 Å². The number of aryl methyl sites for hydroxylation is 2. The molecule has 0 aliphatic heterocycles. The van der Waals surface area contributed by atoms with Gasteiger partial charge in [-0.2, -0.15) is 4.98 Å². The molecule has 1 aliphatic carbocycles. The number of carbonyl (C=O) groups is 1. The van der Waals surface area contributed by atoms with Crippen molar-refractivity contribution >= 4 is 39.2 Å². The highest BCUT2D eigenvalue weighted by molar-refractivity contribution is 7.21. The number of anilines is 2. The monoisotopic (exact) mass is 501 g/mol. The van der Waals surface area contributed by atoms with Gasteiger partial charge >= 0.3 is 0 Å². The molecule has 1 amide bonds. The highest BCUT2D eigenvalue weighted by atomic mass is 32.1. The largest absolute Gasteiger partial charge is 0.387 e.